The first-order chi connectivity index (χ1) is 11.9. The van der Waals surface area contributed by atoms with Crippen molar-refractivity contribution >= 4 is 35.1 Å². The van der Waals surface area contributed by atoms with Gasteiger partial charge in [0.15, 0.2) is 0 Å². The molecule has 3 rings (SSSR count). The minimum absolute atomic E-state index is 0.232. The number of aryl methyl sites for hydroxylation is 1. The zero-order valence-electron chi connectivity index (χ0n) is 13.6. The van der Waals surface area contributed by atoms with E-state index in [0.717, 1.165) is 5.56 Å². The SMILES string of the molecule is Cc1ccc(Cl)cc1NC(=O)N[C@H]1C[C@H]2C(=O)N[C@H](CO)C(=O)N2C1. The zero-order chi connectivity index (χ0) is 18.1. The van der Waals surface area contributed by atoms with Crippen molar-refractivity contribution in [2.75, 3.05) is 18.5 Å². The van der Waals surface area contributed by atoms with E-state index >= 15 is 0 Å². The van der Waals surface area contributed by atoms with Crippen molar-refractivity contribution < 1.29 is 19.5 Å². The number of anilines is 1. The average Bonchev–Trinajstić information content (AvgIpc) is 2.98. The summed E-state index contributed by atoms with van der Waals surface area (Å²) in [6.45, 7) is 1.63. The number of rotatable bonds is 3. The van der Waals surface area contributed by atoms with Crippen molar-refractivity contribution in [1.82, 2.24) is 15.5 Å². The van der Waals surface area contributed by atoms with E-state index in [1.807, 2.05) is 6.92 Å². The molecule has 0 saturated carbocycles. The summed E-state index contributed by atoms with van der Waals surface area (Å²) in [4.78, 5) is 37.9. The highest BCUT2D eigenvalue weighted by molar-refractivity contribution is 6.31. The largest absolute Gasteiger partial charge is 0.394 e. The predicted molar refractivity (Wildman–Crippen MR) is 91.3 cm³/mol. The van der Waals surface area contributed by atoms with Crippen LogP contribution in [0.3, 0.4) is 0 Å². The zero-order valence-corrected chi connectivity index (χ0v) is 14.3. The van der Waals surface area contributed by atoms with Gasteiger partial charge in [0.05, 0.1) is 12.6 Å². The van der Waals surface area contributed by atoms with Crippen LogP contribution in [0.1, 0.15) is 12.0 Å². The van der Waals surface area contributed by atoms with Gasteiger partial charge in [0.1, 0.15) is 12.1 Å². The van der Waals surface area contributed by atoms with Gasteiger partial charge in [-0.1, -0.05) is 17.7 Å². The molecule has 2 aliphatic heterocycles. The number of halogens is 1. The van der Waals surface area contributed by atoms with Gasteiger partial charge >= 0.3 is 6.03 Å². The number of hydrogen-bond donors (Lipinski definition) is 4. The highest BCUT2D eigenvalue weighted by Crippen LogP contribution is 2.23. The molecule has 0 aromatic heterocycles. The lowest BCUT2D eigenvalue weighted by Gasteiger charge is -2.33. The van der Waals surface area contributed by atoms with Crippen molar-refractivity contribution in [3.63, 3.8) is 0 Å². The molecule has 2 saturated heterocycles. The monoisotopic (exact) mass is 366 g/mol. The number of fused-ring (bicyclic) bond motifs is 1. The molecule has 0 unspecified atom stereocenters. The molecular weight excluding hydrogens is 348 g/mol. The quantitative estimate of drug-likeness (QED) is 0.613. The topological polar surface area (TPSA) is 111 Å². The van der Waals surface area contributed by atoms with Gasteiger partial charge in [0.2, 0.25) is 11.8 Å². The van der Waals surface area contributed by atoms with E-state index in [0.29, 0.717) is 17.1 Å². The molecule has 9 heteroatoms. The third-order valence-corrected chi connectivity index (χ3v) is 4.70. The third kappa shape index (κ3) is 3.54. The number of urea groups is 1. The number of carbonyl (C=O) groups is 3. The van der Waals surface area contributed by atoms with Gasteiger partial charge in [-0.15, -0.1) is 0 Å². The third-order valence-electron chi connectivity index (χ3n) is 4.47. The Morgan fingerprint density at radius 2 is 2.20 bits per heavy atom. The molecule has 0 radical (unpaired) electrons. The number of carbonyl (C=O) groups excluding carboxylic acids is 3. The van der Waals surface area contributed by atoms with Crippen LogP contribution in [0.5, 0.6) is 0 Å². The molecule has 4 N–H and O–H groups in total. The minimum Gasteiger partial charge on any atom is -0.394 e. The van der Waals surface area contributed by atoms with Crippen LogP contribution >= 0.6 is 11.6 Å². The fourth-order valence-corrected chi connectivity index (χ4v) is 3.33. The van der Waals surface area contributed by atoms with E-state index in [4.69, 9.17) is 11.6 Å². The second kappa shape index (κ2) is 6.89. The van der Waals surface area contributed by atoms with Gasteiger partial charge in [-0.25, -0.2) is 4.79 Å². The fourth-order valence-electron chi connectivity index (χ4n) is 3.16. The fraction of sp³-hybridized carbons (Fsp3) is 0.438. The Kier molecular flexibility index (Phi) is 4.82. The molecule has 3 atom stereocenters. The van der Waals surface area contributed by atoms with Crippen molar-refractivity contribution in [2.24, 2.45) is 0 Å². The number of aliphatic hydroxyl groups excluding tert-OH is 1. The van der Waals surface area contributed by atoms with Gasteiger partial charge in [0, 0.05) is 17.3 Å². The van der Waals surface area contributed by atoms with Crippen LogP contribution in [0, 0.1) is 6.92 Å². The summed E-state index contributed by atoms with van der Waals surface area (Å²) in [5.74, 6) is -0.642. The first-order valence-electron chi connectivity index (χ1n) is 7.94. The predicted octanol–water partition coefficient (Wildman–Crippen LogP) is 0.230. The molecule has 4 amide bonds. The molecule has 134 valence electrons. The van der Waals surface area contributed by atoms with Crippen LogP contribution < -0.4 is 16.0 Å². The molecule has 1 aromatic carbocycles. The Labute approximate surface area is 149 Å². The van der Waals surface area contributed by atoms with E-state index in [9.17, 15) is 19.5 Å². The van der Waals surface area contributed by atoms with E-state index in [2.05, 4.69) is 16.0 Å². The summed E-state index contributed by atoms with van der Waals surface area (Å²) in [6.07, 6.45) is 0.331. The molecule has 2 fully saturated rings. The number of nitrogens with zero attached hydrogens (tertiary/aromatic N) is 1. The number of nitrogens with one attached hydrogen (secondary N) is 3. The first-order valence-corrected chi connectivity index (χ1v) is 8.32. The summed E-state index contributed by atoms with van der Waals surface area (Å²) in [5.41, 5.74) is 1.46. The Morgan fingerprint density at radius 3 is 2.92 bits per heavy atom. The number of aliphatic hydroxyl groups is 1. The molecule has 2 aliphatic rings. The minimum atomic E-state index is -0.912. The Balaban J connectivity index is 1.63. The molecule has 0 aliphatic carbocycles. The highest BCUT2D eigenvalue weighted by atomic mass is 35.5. The van der Waals surface area contributed by atoms with Gasteiger partial charge in [-0.05, 0) is 31.0 Å². The Morgan fingerprint density at radius 1 is 1.44 bits per heavy atom. The number of amides is 4. The lowest BCUT2D eigenvalue weighted by atomic mass is 10.1. The van der Waals surface area contributed by atoms with Crippen LogP contribution in [0.15, 0.2) is 18.2 Å². The second-order valence-electron chi connectivity index (χ2n) is 6.24. The lowest BCUT2D eigenvalue weighted by Crippen LogP contribution is -2.62. The summed E-state index contributed by atoms with van der Waals surface area (Å²) < 4.78 is 0. The maximum absolute atomic E-state index is 12.2. The molecule has 1 aromatic rings. The molecular formula is C16H19ClN4O4. The first kappa shape index (κ1) is 17.5. The Hall–Kier alpha value is -2.32. The number of hydrogen-bond acceptors (Lipinski definition) is 4. The lowest BCUT2D eigenvalue weighted by molar-refractivity contribution is -0.148. The molecule has 8 nitrogen and oxygen atoms in total. The Bertz CT molecular complexity index is 726. The number of benzene rings is 1. The van der Waals surface area contributed by atoms with E-state index in [-0.39, 0.29) is 24.4 Å². The number of piperazine rings is 1. The highest BCUT2D eigenvalue weighted by Gasteiger charge is 2.46. The second-order valence-corrected chi connectivity index (χ2v) is 6.68. The van der Waals surface area contributed by atoms with Gasteiger partial charge in [0.25, 0.3) is 0 Å². The average molecular weight is 367 g/mol. The normalized spacial score (nSPS) is 25.4. The van der Waals surface area contributed by atoms with Gasteiger partial charge in [-0.2, -0.15) is 0 Å². The standard InChI is InChI=1S/C16H19ClN4O4/c1-8-2-3-9(17)4-11(8)20-16(25)18-10-5-13-14(23)19-12(7-22)15(24)21(13)6-10/h2-4,10,12-13,22H,5-7H2,1H3,(H,19,23)(H2,18,20,25)/t10-,12+,13-/m0/s1. The summed E-state index contributed by atoms with van der Waals surface area (Å²) in [6, 6.07) is 2.87. The smallest absolute Gasteiger partial charge is 0.319 e. The maximum atomic E-state index is 12.2. The van der Waals surface area contributed by atoms with Crippen LogP contribution in [0.4, 0.5) is 10.5 Å². The van der Waals surface area contributed by atoms with Crippen molar-refractivity contribution in [1.29, 1.82) is 0 Å². The van der Waals surface area contributed by atoms with E-state index < -0.39 is 24.7 Å². The van der Waals surface area contributed by atoms with Crippen LogP contribution in [0.2, 0.25) is 5.02 Å². The summed E-state index contributed by atoms with van der Waals surface area (Å²) >= 11 is 5.93. The molecule has 0 spiro atoms. The maximum Gasteiger partial charge on any atom is 0.319 e. The van der Waals surface area contributed by atoms with Crippen molar-refractivity contribution in [3.8, 4) is 0 Å². The molecule has 0 bridgehead atoms. The molecule has 25 heavy (non-hydrogen) atoms. The van der Waals surface area contributed by atoms with Gasteiger partial charge < -0.3 is 26.0 Å². The summed E-state index contributed by atoms with van der Waals surface area (Å²) in [5, 5.41) is 17.7. The van der Waals surface area contributed by atoms with Crippen molar-refractivity contribution in [2.45, 2.75) is 31.5 Å². The van der Waals surface area contributed by atoms with Gasteiger partial charge in [-0.3, -0.25) is 9.59 Å². The molecule has 2 heterocycles. The van der Waals surface area contributed by atoms with Crippen LogP contribution in [-0.2, 0) is 9.59 Å². The van der Waals surface area contributed by atoms with Crippen LogP contribution in [-0.4, -0.2) is 59.1 Å². The summed E-state index contributed by atoms with van der Waals surface area (Å²) in [7, 11) is 0. The van der Waals surface area contributed by atoms with E-state index in [1.165, 1.54) is 4.90 Å². The van der Waals surface area contributed by atoms with Crippen molar-refractivity contribution in [3.05, 3.63) is 28.8 Å². The van der Waals surface area contributed by atoms with Crippen LogP contribution in [0.25, 0.3) is 0 Å². The van der Waals surface area contributed by atoms with E-state index in [1.54, 1.807) is 18.2 Å².